The van der Waals surface area contributed by atoms with Crippen LogP contribution in [0.15, 0.2) is 18.2 Å². The first kappa shape index (κ1) is 11.9. The lowest BCUT2D eigenvalue weighted by atomic mass is 9.98. The minimum atomic E-state index is -2.92. The Morgan fingerprint density at radius 1 is 1.33 bits per heavy atom. The molecule has 0 aromatic heterocycles. The van der Waals surface area contributed by atoms with Crippen LogP contribution in [-0.2, 0) is 0 Å². The molecule has 1 unspecified atom stereocenters. The topological polar surface area (TPSA) is 9.23 Å². The third-order valence-corrected chi connectivity index (χ3v) is 2.34. The molecule has 0 aliphatic carbocycles. The van der Waals surface area contributed by atoms with Crippen LogP contribution < -0.4 is 4.74 Å². The zero-order valence-electron chi connectivity index (χ0n) is 8.64. The smallest absolute Gasteiger partial charge is 0.387 e. The summed E-state index contributed by atoms with van der Waals surface area (Å²) in [6, 6.07) is 3.84. The summed E-state index contributed by atoms with van der Waals surface area (Å²) in [6.45, 7) is 0.901. The molecule has 0 fully saturated rings. The summed E-state index contributed by atoms with van der Waals surface area (Å²) in [5.41, 5.74) is 0.527. The molecule has 0 amide bonds. The van der Waals surface area contributed by atoms with E-state index >= 15 is 0 Å². The van der Waals surface area contributed by atoms with Crippen LogP contribution in [-0.4, -0.2) is 6.61 Å². The van der Waals surface area contributed by atoms with E-state index in [1.165, 1.54) is 12.1 Å². The van der Waals surface area contributed by atoms with Crippen molar-refractivity contribution < 1.29 is 17.9 Å². The molecule has 15 heavy (non-hydrogen) atoms. The summed E-state index contributed by atoms with van der Waals surface area (Å²) in [6.07, 6.45) is 0.798. The van der Waals surface area contributed by atoms with Crippen molar-refractivity contribution in [3.63, 3.8) is 0 Å². The molecule has 0 spiro atoms. The average Bonchev–Trinajstić information content (AvgIpc) is 2.16. The van der Waals surface area contributed by atoms with Crippen LogP contribution in [0.3, 0.4) is 0 Å². The molecule has 0 saturated heterocycles. The second-order valence-corrected chi connectivity index (χ2v) is 3.37. The van der Waals surface area contributed by atoms with Crippen LogP contribution in [0.4, 0.5) is 13.2 Å². The van der Waals surface area contributed by atoms with Gasteiger partial charge in [-0.2, -0.15) is 8.78 Å². The SMILES string of the molecule is CCC(C)c1ccc(OC(F)F)cc1F. The molecule has 1 nitrogen and oxygen atoms in total. The quantitative estimate of drug-likeness (QED) is 0.743. The second kappa shape index (κ2) is 5.05. The van der Waals surface area contributed by atoms with Gasteiger partial charge in [0.25, 0.3) is 0 Å². The third kappa shape index (κ3) is 3.15. The fourth-order valence-corrected chi connectivity index (χ4v) is 1.30. The van der Waals surface area contributed by atoms with E-state index in [1.807, 2.05) is 13.8 Å². The molecule has 0 saturated carbocycles. The molecule has 0 aliphatic rings. The zero-order chi connectivity index (χ0) is 11.4. The van der Waals surface area contributed by atoms with Crippen molar-refractivity contribution >= 4 is 0 Å². The van der Waals surface area contributed by atoms with Gasteiger partial charge < -0.3 is 4.74 Å². The van der Waals surface area contributed by atoms with Gasteiger partial charge in [0.1, 0.15) is 11.6 Å². The summed E-state index contributed by atoms with van der Waals surface area (Å²) in [5, 5.41) is 0. The highest BCUT2D eigenvalue weighted by Gasteiger charge is 2.11. The van der Waals surface area contributed by atoms with Gasteiger partial charge in [-0.05, 0) is 24.0 Å². The fourth-order valence-electron chi connectivity index (χ4n) is 1.30. The normalized spacial score (nSPS) is 12.9. The van der Waals surface area contributed by atoms with E-state index in [0.717, 1.165) is 12.5 Å². The van der Waals surface area contributed by atoms with E-state index < -0.39 is 12.4 Å². The predicted molar refractivity (Wildman–Crippen MR) is 51.7 cm³/mol. The van der Waals surface area contributed by atoms with Gasteiger partial charge in [-0.15, -0.1) is 0 Å². The average molecular weight is 218 g/mol. The van der Waals surface area contributed by atoms with Crippen molar-refractivity contribution in [3.05, 3.63) is 29.6 Å². The molecule has 0 radical (unpaired) electrons. The first-order chi connectivity index (χ1) is 7.04. The maximum absolute atomic E-state index is 13.4. The van der Waals surface area contributed by atoms with E-state index in [2.05, 4.69) is 4.74 Å². The molecule has 1 atom stereocenters. The molecule has 1 aromatic carbocycles. The van der Waals surface area contributed by atoms with Crippen molar-refractivity contribution in [3.8, 4) is 5.75 Å². The van der Waals surface area contributed by atoms with Gasteiger partial charge in [-0.3, -0.25) is 0 Å². The van der Waals surface area contributed by atoms with Crippen LogP contribution in [0.2, 0.25) is 0 Å². The number of hydrogen-bond acceptors (Lipinski definition) is 1. The lowest BCUT2D eigenvalue weighted by Crippen LogP contribution is -2.03. The van der Waals surface area contributed by atoms with Crippen molar-refractivity contribution in [2.24, 2.45) is 0 Å². The van der Waals surface area contributed by atoms with Crippen LogP contribution in [0, 0.1) is 5.82 Å². The Labute approximate surface area is 86.9 Å². The van der Waals surface area contributed by atoms with E-state index in [-0.39, 0.29) is 11.7 Å². The van der Waals surface area contributed by atoms with Gasteiger partial charge in [-0.1, -0.05) is 19.9 Å². The maximum Gasteiger partial charge on any atom is 0.387 e. The Morgan fingerprint density at radius 3 is 2.47 bits per heavy atom. The Kier molecular flexibility index (Phi) is 4.00. The Balaban J connectivity index is 2.88. The Morgan fingerprint density at radius 2 is 2.00 bits per heavy atom. The van der Waals surface area contributed by atoms with Gasteiger partial charge in [0.2, 0.25) is 0 Å². The monoisotopic (exact) mass is 218 g/mol. The first-order valence-corrected chi connectivity index (χ1v) is 4.78. The number of alkyl halides is 2. The molecule has 1 rings (SSSR count). The molecule has 0 bridgehead atoms. The molecule has 4 heteroatoms. The molecule has 84 valence electrons. The van der Waals surface area contributed by atoms with Crippen molar-refractivity contribution in [2.45, 2.75) is 32.8 Å². The van der Waals surface area contributed by atoms with E-state index in [4.69, 9.17) is 0 Å². The summed E-state index contributed by atoms with van der Waals surface area (Å²) in [7, 11) is 0. The molecule has 0 heterocycles. The highest BCUT2D eigenvalue weighted by Crippen LogP contribution is 2.25. The highest BCUT2D eigenvalue weighted by molar-refractivity contribution is 5.30. The van der Waals surface area contributed by atoms with Crippen LogP contribution in [0.25, 0.3) is 0 Å². The zero-order valence-corrected chi connectivity index (χ0v) is 8.64. The van der Waals surface area contributed by atoms with Crippen molar-refractivity contribution in [1.82, 2.24) is 0 Å². The lowest BCUT2D eigenvalue weighted by molar-refractivity contribution is -0.0500. The Hall–Kier alpha value is -1.19. The third-order valence-electron chi connectivity index (χ3n) is 2.34. The Bertz CT molecular complexity index is 326. The number of ether oxygens (including phenoxy) is 1. The fraction of sp³-hybridized carbons (Fsp3) is 0.455. The number of benzene rings is 1. The number of halogens is 3. The standard InChI is InChI=1S/C11H13F3O/c1-3-7(2)9-5-4-8(6-10(9)12)15-11(13)14/h4-7,11H,3H2,1-2H3. The lowest BCUT2D eigenvalue weighted by Gasteiger charge is -2.11. The molecule has 0 N–H and O–H groups in total. The largest absolute Gasteiger partial charge is 0.435 e. The van der Waals surface area contributed by atoms with E-state index in [1.54, 1.807) is 0 Å². The molecule has 0 aliphatic heterocycles. The minimum Gasteiger partial charge on any atom is -0.435 e. The molecular weight excluding hydrogens is 205 g/mol. The summed E-state index contributed by atoms with van der Waals surface area (Å²) < 4.78 is 41.2. The predicted octanol–water partition coefficient (Wildman–Crippen LogP) is 3.94. The van der Waals surface area contributed by atoms with Crippen LogP contribution >= 0.6 is 0 Å². The minimum absolute atomic E-state index is 0.0746. The van der Waals surface area contributed by atoms with Crippen molar-refractivity contribution in [2.75, 3.05) is 0 Å². The summed E-state index contributed by atoms with van der Waals surface area (Å²) in [5.74, 6) is -0.567. The summed E-state index contributed by atoms with van der Waals surface area (Å²) >= 11 is 0. The molecule has 1 aromatic rings. The van der Waals surface area contributed by atoms with Gasteiger partial charge in [-0.25, -0.2) is 4.39 Å². The van der Waals surface area contributed by atoms with Crippen LogP contribution in [0.1, 0.15) is 31.7 Å². The van der Waals surface area contributed by atoms with E-state index in [0.29, 0.717) is 5.56 Å². The first-order valence-electron chi connectivity index (χ1n) is 4.78. The van der Waals surface area contributed by atoms with Crippen LogP contribution in [0.5, 0.6) is 5.75 Å². The second-order valence-electron chi connectivity index (χ2n) is 3.37. The van der Waals surface area contributed by atoms with Gasteiger partial charge in [0.05, 0.1) is 0 Å². The summed E-state index contributed by atoms with van der Waals surface area (Å²) in [4.78, 5) is 0. The number of hydrogen-bond donors (Lipinski definition) is 0. The van der Waals surface area contributed by atoms with Gasteiger partial charge in [0, 0.05) is 6.07 Å². The number of rotatable bonds is 4. The maximum atomic E-state index is 13.4. The molecular formula is C11H13F3O. The van der Waals surface area contributed by atoms with Crippen molar-refractivity contribution in [1.29, 1.82) is 0 Å². The highest BCUT2D eigenvalue weighted by atomic mass is 19.3. The van der Waals surface area contributed by atoms with Gasteiger partial charge in [0.15, 0.2) is 0 Å². The van der Waals surface area contributed by atoms with E-state index in [9.17, 15) is 13.2 Å². The van der Waals surface area contributed by atoms with Gasteiger partial charge >= 0.3 is 6.61 Å².